The molecule has 0 radical (unpaired) electrons. The molecule has 7 heteroatoms. The second-order valence-electron chi connectivity index (χ2n) is 8.03. The SMILES string of the molecule is Cc1oc2c(C(N)=O)cccc2c1-c1nc2c(c(NCc3ccccc3)n1)CCCCN2. The van der Waals surface area contributed by atoms with Gasteiger partial charge in [-0.15, -0.1) is 0 Å². The van der Waals surface area contributed by atoms with E-state index in [2.05, 4.69) is 22.8 Å². The molecule has 162 valence electrons. The number of fused-ring (bicyclic) bond motifs is 2. The van der Waals surface area contributed by atoms with Crippen molar-refractivity contribution in [3.8, 4) is 11.4 Å². The highest BCUT2D eigenvalue weighted by atomic mass is 16.3. The van der Waals surface area contributed by atoms with E-state index in [-0.39, 0.29) is 0 Å². The summed E-state index contributed by atoms with van der Waals surface area (Å²) < 4.78 is 5.96. The van der Waals surface area contributed by atoms with Gasteiger partial charge in [0.1, 0.15) is 23.0 Å². The minimum atomic E-state index is -0.523. The summed E-state index contributed by atoms with van der Waals surface area (Å²) in [6.45, 7) is 3.40. The molecule has 0 fully saturated rings. The molecular weight excluding hydrogens is 402 g/mol. The molecule has 0 saturated carbocycles. The van der Waals surface area contributed by atoms with Crippen LogP contribution in [-0.4, -0.2) is 22.4 Å². The Kier molecular flexibility index (Phi) is 5.23. The second-order valence-corrected chi connectivity index (χ2v) is 8.03. The lowest BCUT2D eigenvalue weighted by atomic mass is 10.1. The largest absolute Gasteiger partial charge is 0.460 e. The fourth-order valence-corrected chi connectivity index (χ4v) is 4.25. The zero-order valence-electron chi connectivity index (χ0n) is 17.9. The van der Waals surface area contributed by atoms with Crippen LogP contribution in [0, 0.1) is 6.92 Å². The fraction of sp³-hybridized carbons (Fsp3) is 0.240. The lowest BCUT2D eigenvalue weighted by Gasteiger charge is -2.15. The van der Waals surface area contributed by atoms with E-state index in [1.54, 1.807) is 12.1 Å². The Morgan fingerprint density at radius 3 is 2.78 bits per heavy atom. The average molecular weight is 428 g/mol. The number of nitrogens with two attached hydrogens (primary N) is 1. The van der Waals surface area contributed by atoms with Crippen LogP contribution in [0.15, 0.2) is 52.9 Å². The van der Waals surface area contributed by atoms with Crippen molar-refractivity contribution in [1.29, 1.82) is 0 Å². The highest BCUT2D eigenvalue weighted by Gasteiger charge is 2.23. The summed E-state index contributed by atoms with van der Waals surface area (Å²) >= 11 is 0. The molecule has 32 heavy (non-hydrogen) atoms. The summed E-state index contributed by atoms with van der Waals surface area (Å²) in [4.78, 5) is 21.7. The highest BCUT2D eigenvalue weighted by molar-refractivity contribution is 6.08. The topological polar surface area (TPSA) is 106 Å². The van der Waals surface area contributed by atoms with Crippen LogP contribution < -0.4 is 16.4 Å². The van der Waals surface area contributed by atoms with Gasteiger partial charge in [0.2, 0.25) is 0 Å². The number of para-hydroxylation sites is 1. The summed E-state index contributed by atoms with van der Waals surface area (Å²) in [7, 11) is 0. The van der Waals surface area contributed by atoms with E-state index in [9.17, 15) is 4.79 Å². The molecule has 0 unspecified atom stereocenters. The molecule has 1 aliphatic rings. The normalized spacial score (nSPS) is 13.3. The Bertz CT molecular complexity index is 1300. The second kappa shape index (κ2) is 8.34. The molecule has 7 nitrogen and oxygen atoms in total. The summed E-state index contributed by atoms with van der Waals surface area (Å²) in [5.74, 6) is 2.36. The van der Waals surface area contributed by atoms with Crippen molar-refractivity contribution in [1.82, 2.24) is 9.97 Å². The van der Waals surface area contributed by atoms with E-state index in [4.69, 9.17) is 20.1 Å². The number of anilines is 2. The van der Waals surface area contributed by atoms with Crippen molar-refractivity contribution < 1.29 is 9.21 Å². The van der Waals surface area contributed by atoms with Crippen LogP contribution in [0.4, 0.5) is 11.6 Å². The number of primary amides is 1. The molecule has 2 aromatic heterocycles. The van der Waals surface area contributed by atoms with Gasteiger partial charge in [-0.25, -0.2) is 9.97 Å². The summed E-state index contributed by atoms with van der Waals surface area (Å²) in [5, 5.41) is 7.77. The zero-order valence-corrected chi connectivity index (χ0v) is 17.9. The van der Waals surface area contributed by atoms with Crippen LogP contribution in [0.5, 0.6) is 0 Å². The van der Waals surface area contributed by atoms with E-state index in [0.717, 1.165) is 54.0 Å². The number of benzene rings is 2. The van der Waals surface area contributed by atoms with Gasteiger partial charge >= 0.3 is 0 Å². The number of aromatic nitrogens is 2. The minimum Gasteiger partial charge on any atom is -0.460 e. The quantitative estimate of drug-likeness (QED) is 0.428. The van der Waals surface area contributed by atoms with Gasteiger partial charge in [0.05, 0.1) is 11.1 Å². The van der Waals surface area contributed by atoms with Gasteiger partial charge in [0.15, 0.2) is 5.82 Å². The van der Waals surface area contributed by atoms with E-state index in [0.29, 0.717) is 29.3 Å². The van der Waals surface area contributed by atoms with E-state index < -0.39 is 5.91 Å². The Hall–Kier alpha value is -3.87. The van der Waals surface area contributed by atoms with Crippen LogP contribution in [0.3, 0.4) is 0 Å². The molecule has 0 atom stereocenters. The standard InChI is InChI=1S/C25H25N5O2/c1-15-20(17-11-7-12-18(22(26)31)21(17)32-15)25-29-23-19(10-5-6-13-27-23)24(30-25)28-14-16-8-3-2-4-9-16/h2-4,7-9,11-12H,5-6,10,13-14H2,1H3,(H2,26,31)(H2,27,28,29,30). The highest BCUT2D eigenvalue weighted by Crippen LogP contribution is 2.37. The monoisotopic (exact) mass is 427 g/mol. The molecule has 5 rings (SSSR count). The maximum absolute atomic E-state index is 11.9. The van der Waals surface area contributed by atoms with E-state index in [1.807, 2.05) is 31.2 Å². The molecule has 1 aliphatic heterocycles. The Balaban J connectivity index is 1.63. The number of hydrogen-bond donors (Lipinski definition) is 3. The third-order valence-electron chi connectivity index (χ3n) is 5.84. The summed E-state index contributed by atoms with van der Waals surface area (Å²) in [5.41, 5.74) is 9.44. The Morgan fingerprint density at radius 2 is 1.97 bits per heavy atom. The first-order valence-electron chi connectivity index (χ1n) is 10.9. The van der Waals surface area contributed by atoms with Crippen LogP contribution in [0.2, 0.25) is 0 Å². The fourth-order valence-electron chi connectivity index (χ4n) is 4.25. The third-order valence-corrected chi connectivity index (χ3v) is 5.84. The van der Waals surface area contributed by atoms with Gasteiger partial charge in [-0.05, 0) is 37.8 Å². The molecule has 1 amide bonds. The van der Waals surface area contributed by atoms with Crippen LogP contribution in [-0.2, 0) is 13.0 Å². The van der Waals surface area contributed by atoms with Gasteiger partial charge in [-0.3, -0.25) is 4.79 Å². The summed E-state index contributed by atoms with van der Waals surface area (Å²) in [6, 6.07) is 15.6. The van der Waals surface area contributed by atoms with Gasteiger partial charge < -0.3 is 20.8 Å². The van der Waals surface area contributed by atoms with Crippen LogP contribution in [0.1, 0.15) is 40.1 Å². The number of carbonyl (C=O) groups excluding carboxylic acids is 1. The van der Waals surface area contributed by atoms with Gasteiger partial charge in [-0.2, -0.15) is 0 Å². The number of amides is 1. The number of nitrogens with zero attached hydrogens (tertiary/aromatic N) is 2. The first-order chi connectivity index (χ1) is 15.6. The first-order valence-corrected chi connectivity index (χ1v) is 10.9. The number of furan rings is 1. The van der Waals surface area contributed by atoms with Crippen molar-refractivity contribution in [2.75, 3.05) is 17.2 Å². The molecule has 2 aromatic carbocycles. The Labute approximate surface area is 186 Å². The molecule has 3 heterocycles. The smallest absolute Gasteiger partial charge is 0.252 e. The van der Waals surface area contributed by atoms with Crippen molar-refractivity contribution in [3.63, 3.8) is 0 Å². The molecule has 0 bridgehead atoms. The maximum atomic E-state index is 11.9. The van der Waals surface area contributed by atoms with Gasteiger partial charge in [0, 0.05) is 24.0 Å². The van der Waals surface area contributed by atoms with Gasteiger partial charge in [0.25, 0.3) is 5.91 Å². The van der Waals surface area contributed by atoms with E-state index in [1.165, 1.54) is 5.56 Å². The third kappa shape index (κ3) is 3.66. The van der Waals surface area contributed by atoms with E-state index >= 15 is 0 Å². The molecular formula is C25H25N5O2. The number of carbonyl (C=O) groups is 1. The van der Waals surface area contributed by atoms with Crippen molar-refractivity contribution in [2.24, 2.45) is 5.73 Å². The van der Waals surface area contributed by atoms with Crippen LogP contribution in [0.25, 0.3) is 22.4 Å². The average Bonchev–Trinajstić information content (AvgIpc) is 2.96. The lowest BCUT2D eigenvalue weighted by molar-refractivity contribution is 0.100. The molecule has 0 spiro atoms. The first kappa shape index (κ1) is 20.1. The number of nitrogens with one attached hydrogen (secondary N) is 2. The minimum absolute atomic E-state index is 0.354. The summed E-state index contributed by atoms with van der Waals surface area (Å²) in [6.07, 6.45) is 3.08. The van der Waals surface area contributed by atoms with Crippen molar-refractivity contribution >= 4 is 28.5 Å². The maximum Gasteiger partial charge on any atom is 0.252 e. The number of aryl methyl sites for hydroxylation is 1. The van der Waals surface area contributed by atoms with Crippen molar-refractivity contribution in [3.05, 3.63) is 71.0 Å². The number of rotatable bonds is 5. The Morgan fingerprint density at radius 1 is 1.12 bits per heavy atom. The molecule has 4 aromatic rings. The zero-order chi connectivity index (χ0) is 22.1. The van der Waals surface area contributed by atoms with Crippen molar-refractivity contribution in [2.45, 2.75) is 32.7 Å². The predicted octanol–water partition coefficient (Wildman–Crippen LogP) is 4.66. The van der Waals surface area contributed by atoms with Gasteiger partial charge in [-0.1, -0.05) is 42.5 Å². The molecule has 0 aliphatic carbocycles. The lowest BCUT2D eigenvalue weighted by Crippen LogP contribution is -2.11. The molecule has 4 N–H and O–H groups in total. The molecule has 0 saturated heterocycles. The van der Waals surface area contributed by atoms with Crippen LogP contribution >= 0.6 is 0 Å². The predicted molar refractivity (Wildman–Crippen MR) is 126 cm³/mol. The number of hydrogen-bond acceptors (Lipinski definition) is 6.